The Balaban J connectivity index is 2.42. The second-order valence-electron chi connectivity index (χ2n) is 4.63. The average Bonchev–Trinajstić information content (AvgIpc) is 2.46. The molecule has 0 amide bonds. The number of halogens is 1. The zero-order valence-electron chi connectivity index (χ0n) is 11.8. The summed E-state index contributed by atoms with van der Waals surface area (Å²) in [5.41, 5.74) is 9.41. The summed E-state index contributed by atoms with van der Waals surface area (Å²) in [6, 6.07) is 11.5. The second-order valence-corrected chi connectivity index (χ2v) is 5.03. The standard InChI is InChI=1S/C16H18ClNO2/c1-10-4-6-11(7-5-10)15(18)12-8-13(17)16(20-3)14(9-12)19-2/h4-9,15H,18H2,1-3H3. The minimum Gasteiger partial charge on any atom is -0.493 e. The van der Waals surface area contributed by atoms with E-state index in [0.29, 0.717) is 16.5 Å². The molecule has 0 bridgehead atoms. The summed E-state index contributed by atoms with van der Waals surface area (Å²) in [6.07, 6.45) is 0. The first kappa shape index (κ1) is 14.7. The molecule has 0 aliphatic heterocycles. The Bertz CT molecular complexity index is 596. The van der Waals surface area contributed by atoms with E-state index in [2.05, 4.69) is 0 Å². The van der Waals surface area contributed by atoms with Gasteiger partial charge in [0.1, 0.15) is 0 Å². The average molecular weight is 292 g/mol. The van der Waals surface area contributed by atoms with Crippen LogP contribution in [0.2, 0.25) is 5.02 Å². The van der Waals surface area contributed by atoms with Crippen LogP contribution in [-0.2, 0) is 0 Å². The molecule has 0 aromatic heterocycles. The topological polar surface area (TPSA) is 44.5 Å². The SMILES string of the molecule is COc1cc(C(N)c2ccc(C)cc2)cc(Cl)c1OC. The van der Waals surface area contributed by atoms with Gasteiger partial charge in [0.15, 0.2) is 11.5 Å². The molecule has 0 saturated heterocycles. The molecule has 1 unspecified atom stereocenters. The van der Waals surface area contributed by atoms with E-state index in [1.165, 1.54) is 5.56 Å². The fraction of sp³-hybridized carbons (Fsp3) is 0.250. The van der Waals surface area contributed by atoms with E-state index in [1.807, 2.05) is 43.3 Å². The molecule has 0 aliphatic rings. The number of benzene rings is 2. The molecule has 0 radical (unpaired) electrons. The first-order valence-electron chi connectivity index (χ1n) is 6.30. The Labute approximate surface area is 124 Å². The maximum absolute atomic E-state index is 6.30. The molecule has 0 fully saturated rings. The van der Waals surface area contributed by atoms with Crippen molar-refractivity contribution >= 4 is 11.6 Å². The summed E-state index contributed by atoms with van der Waals surface area (Å²) in [4.78, 5) is 0. The van der Waals surface area contributed by atoms with Crippen LogP contribution in [0.1, 0.15) is 22.7 Å². The molecule has 1 atom stereocenters. The van der Waals surface area contributed by atoms with Crippen LogP contribution in [0.15, 0.2) is 36.4 Å². The van der Waals surface area contributed by atoms with Crippen LogP contribution < -0.4 is 15.2 Å². The Morgan fingerprint density at radius 1 is 1.00 bits per heavy atom. The molecule has 0 saturated carbocycles. The highest BCUT2D eigenvalue weighted by Gasteiger charge is 2.16. The molecule has 3 nitrogen and oxygen atoms in total. The van der Waals surface area contributed by atoms with E-state index in [1.54, 1.807) is 14.2 Å². The first-order valence-corrected chi connectivity index (χ1v) is 6.68. The van der Waals surface area contributed by atoms with Gasteiger partial charge in [-0.1, -0.05) is 41.4 Å². The molecule has 0 aliphatic carbocycles. The van der Waals surface area contributed by atoms with Gasteiger partial charge in [0.2, 0.25) is 0 Å². The second kappa shape index (κ2) is 6.16. The van der Waals surface area contributed by atoms with E-state index >= 15 is 0 Å². The summed E-state index contributed by atoms with van der Waals surface area (Å²) >= 11 is 6.21. The van der Waals surface area contributed by atoms with Gasteiger partial charge < -0.3 is 15.2 Å². The normalized spacial score (nSPS) is 12.1. The monoisotopic (exact) mass is 291 g/mol. The zero-order valence-corrected chi connectivity index (χ0v) is 12.6. The molecule has 4 heteroatoms. The minimum atomic E-state index is -0.257. The van der Waals surface area contributed by atoms with Crippen LogP contribution in [0.4, 0.5) is 0 Å². The van der Waals surface area contributed by atoms with Crippen molar-refractivity contribution in [1.29, 1.82) is 0 Å². The van der Waals surface area contributed by atoms with E-state index in [-0.39, 0.29) is 6.04 Å². The Hall–Kier alpha value is -1.71. The predicted molar refractivity (Wildman–Crippen MR) is 81.8 cm³/mol. The van der Waals surface area contributed by atoms with Crippen LogP contribution >= 0.6 is 11.6 Å². The quantitative estimate of drug-likeness (QED) is 0.934. The van der Waals surface area contributed by atoms with Crippen molar-refractivity contribution in [3.05, 3.63) is 58.1 Å². The molecule has 106 valence electrons. The summed E-state index contributed by atoms with van der Waals surface area (Å²) in [5, 5.41) is 0.490. The molecular weight excluding hydrogens is 274 g/mol. The van der Waals surface area contributed by atoms with Crippen molar-refractivity contribution in [3.63, 3.8) is 0 Å². The molecule has 2 N–H and O–H groups in total. The van der Waals surface area contributed by atoms with Crippen LogP contribution in [0, 0.1) is 6.92 Å². The molecule has 2 rings (SSSR count). The van der Waals surface area contributed by atoms with Crippen molar-refractivity contribution in [3.8, 4) is 11.5 Å². The van der Waals surface area contributed by atoms with Crippen LogP contribution in [0.3, 0.4) is 0 Å². The zero-order chi connectivity index (χ0) is 14.7. The van der Waals surface area contributed by atoms with Crippen LogP contribution in [0.5, 0.6) is 11.5 Å². The van der Waals surface area contributed by atoms with E-state index in [4.69, 9.17) is 26.8 Å². The lowest BCUT2D eigenvalue weighted by Gasteiger charge is -2.17. The highest BCUT2D eigenvalue weighted by atomic mass is 35.5. The van der Waals surface area contributed by atoms with Crippen molar-refractivity contribution < 1.29 is 9.47 Å². The summed E-state index contributed by atoms with van der Waals surface area (Å²) in [7, 11) is 3.14. The summed E-state index contributed by atoms with van der Waals surface area (Å²) < 4.78 is 10.5. The van der Waals surface area contributed by atoms with Crippen molar-refractivity contribution in [1.82, 2.24) is 0 Å². The minimum absolute atomic E-state index is 0.257. The van der Waals surface area contributed by atoms with Crippen LogP contribution in [-0.4, -0.2) is 14.2 Å². The van der Waals surface area contributed by atoms with Gasteiger partial charge in [-0.25, -0.2) is 0 Å². The van der Waals surface area contributed by atoms with Gasteiger partial charge in [-0.05, 0) is 30.2 Å². The van der Waals surface area contributed by atoms with Gasteiger partial charge in [0.25, 0.3) is 0 Å². The molecule has 2 aromatic rings. The molecule has 0 heterocycles. The Morgan fingerprint density at radius 2 is 1.65 bits per heavy atom. The van der Waals surface area contributed by atoms with Gasteiger partial charge in [-0.15, -0.1) is 0 Å². The van der Waals surface area contributed by atoms with E-state index < -0.39 is 0 Å². The highest BCUT2D eigenvalue weighted by molar-refractivity contribution is 6.32. The number of hydrogen-bond acceptors (Lipinski definition) is 3. The maximum atomic E-state index is 6.30. The molecule has 2 aromatic carbocycles. The van der Waals surface area contributed by atoms with Crippen molar-refractivity contribution in [2.75, 3.05) is 14.2 Å². The fourth-order valence-corrected chi connectivity index (χ4v) is 2.38. The van der Waals surface area contributed by atoms with Gasteiger partial charge in [-0.2, -0.15) is 0 Å². The number of ether oxygens (including phenoxy) is 2. The lowest BCUT2D eigenvalue weighted by molar-refractivity contribution is 0.354. The largest absolute Gasteiger partial charge is 0.493 e. The fourth-order valence-electron chi connectivity index (χ4n) is 2.08. The lowest BCUT2D eigenvalue weighted by Crippen LogP contribution is -2.12. The molecule has 0 spiro atoms. The molecule has 20 heavy (non-hydrogen) atoms. The van der Waals surface area contributed by atoms with Crippen molar-refractivity contribution in [2.45, 2.75) is 13.0 Å². The highest BCUT2D eigenvalue weighted by Crippen LogP contribution is 2.38. The number of methoxy groups -OCH3 is 2. The van der Waals surface area contributed by atoms with Gasteiger partial charge >= 0.3 is 0 Å². The van der Waals surface area contributed by atoms with Gasteiger partial charge in [0, 0.05) is 0 Å². The third-order valence-electron chi connectivity index (χ3n) is 3.25. The Kier molecular flexibility index (Phi) is 4.53. The third-order valence-corrected chi connectivity index (χ3v) is 3.53. The van der Waals surface area contributed by atoms with E-state index in [9.17, 15) is 0 Å². The van der Waals surface area contributed by atoms with E-state index in [0.717, 1.165) is 11.1 Å². The first-order chi connectivity index (χ1) is 9.56. The number of rotatable bonds is 4. The van der Waals surface area contributed by atoms with Gasteiger partial charge in [0.05, 0.1) is 25.3 Å². The lowest BCUT2D eigenvalue weighted by atomic mass is 9.98. The number of nitrogens with two attached hydrogens (primary N) is 1. The number of hydrogen-bond donors (Lipinski definition) is 1. The van der Waals surface area contributed by atoms with Gasteiger partial charge in [-0.3, -0.25) is 0 Å². The maximum Gasteiger partial charge on any atom is 0.179 e. The summed E-state index contributed by atoms with van der Waals surface area (Å²) in [5.74, 6) is 1.10. The number of aryl methyl sites for hydroxylation is 1. The predicted octanol–water partition coefficient (Wildman–Crippen LogP) is 3.71. The third kappa shape index (κ3) is 2.89. The Morgan fingerprint density at radius 3 is 2.20 bits per heavy atom. The smallest absolute Gasteiger partial charge is 0.179 e. The molecular formula is C16H18ClNO2. The summed E-state index contributed by atoms with van der Waals surface area (Å²) in [6.45, 7) is 2.04. The van der Waals surface area contributed by atoms with Crippen LogP contribution in [0.25, 0.3) is 0 Å². The van der Waals surface area contributed by atoms with Crippen molar-refractivity contribution in [2.24, 2.45) is 5.73 Å².